The first-order chi connectivity index (χ1) is 10.0. The largest absolute Gasteiger partial charge is 0.397 e. The Hall–Kier alpha value is -1.11. The number of fused-ring (bicyclic) bond motifs is 1. The molecule has 2 aromatic rings. The van der Waals surface area contributed by atoms with Crippen molar-refractivity contribution < 1.29 is 9.90 Å². The van der Waals surface area contributed by atoms with Crippen molar-refractivity contribution in [3.63, 3.8) is 0 Å². The highest BCUT2D eigenvalue weighted by Gasteiger charge is 2.24. The number of hydrogen-bond donors (Lipinski definition) is 3. The van der Waals surface area contributed by atoms with E-state index in [0.29, 0.717) is 23.0 Å². The van der Waals surface area contributed by atoms with Crippen LogP contribution in [0, 0.1) is 5.92 Å². The van der Waals surface area contributed by atoms with Crippen molar-refractivity contribution in [1.29, 1.82) is 0 Å². The molecule has 1 heterocycles. The fourth-order valence-electron chi connectivity index (χ4n) is 2.81. The molecule has 4 N–H and O–H groups in total. The Kier molecular flexibility index (Phi) is 4.19. The lowest BCUT2D eigenvalue weighted by atomic mass is 10.1. The van der Waals surface area contributed by atoms with Crippen LogP contribution in [0.25, 0.3) is 10.1 Å². The van der Waals surface area contributed by atoms with Gasteiger partial charge in [-0.05, 0) is 37.3 Å². The van der Waals surface area contributed by atoms with Crippen molar-refractivity contribution in [3.8, 4) is 0 Å². The molecule has 4 nitrogen and oxygen atoms in total. The number of nitrogens with one attached hydrogen (secondary N) is 1. The number of thiophene rings is 1. The van der Waals surface area contributed by atoms with Crippen LogP contribution >= 0.6 is 27.3 Å². The van der Waals surface area contributed by atoms with Gasteiger partial charge in [-0.25, -0.2) is 0 Å². The number of hydrogen-bond acceptors (Lipinski definition) is 4. The minimum atomic E-state index is -0.210. The fourth-order valence-corrected chi connectivity index (χ4v) is 4.40. The summed E-state index contributed by atoms with van der Waals surface area (Å²) in [6.07, 6.45) is 2.36. The number of rotatable bonds is 3. The van der Waals surface area contributed by atoms with Gasteiger partial charge in [0.15, 0.2) is 0 Å². The Morgan fingerprint density at radius 1 is 1.48 bits per heavy atom. The standard InChI is InChI=1S/C15H17BrN2O2S/c16-9-2-4-11-12(6-9)21-14(13(11)17)15(20)18-7-8-1-3-10(19)5-8/h2,4,6,8,10,19H,1,3,5,7,17H2,(H,18,20). The molecule has 1 aromatic heterocycles. The molecule has 21 heavy (non-hydrogen) atoms. The van der Waals surface area contributed by atoms with Gasteiger partial charge in [0.1, 0.15) is 4.88 Å². The van der Waals surface area contributed by atoms with Crippen molar-refractivity contribution in [1.82, 2.24) is 5.32 Å². The number of halogens is 1. The van der Waals surface area contributed by atoms with Crippen LogP contribution in [0.5, 0.6) is 0 Å². The first kappa shape index (κ1) is 14.8. The van der Waals surface area contributed by atoms with E-state index < -0.39 is 0 Å². The molecule has 1 aliphatic carbocycles. The molecule has 2 unspecified atom stereocenters. The van der Waals surface area contributed by atoms with Gasteiger partial charge in [0.05, 0.1) is 11.8 Å². The molecule has 2 atom stereocenters. The Labute approximate surface area is 135 Å². The van der Waals surface area contributed by atoms with E-state index in [1.165, 1.54) is 11.3 Å². The molecule has 0 aliphatic heterocycles. The predicted octanol–water partition coefficient (Wildman–Crippen LogP) is 3.14. The van der Waals surface area contributed by atoms with Gasteiger partial charge in [0.2, 0.25) is 0 Å². The number of aliphatic hydroxyl groups excluding tert-OH is 1. The molecule has 0 bridgehead atoms. The second-order valence-corrected chi connectivity index (χ2v) is 7.50. The summed E-state index contributed by atoms with van der Waals surface area (Å²) in [5, 5.41) is 13.4. The van der Waals surface area contributed by atoms with Gasteiger partial charge in [-0.15, -0.1) is 11.3 Å². The number of benzene rings is 1. The summed E-state index contributed by atoms with van der Waals surface area (Å²) < 4.78 is 1.98. The van der Waals surface area contributed by atoms with E-state index in [9.17, 15) is 9.90 Å². The summed E-state index contributed by atoms with van der Waals surface area (Å²) in [5.74, 6) is 0.250. The van der Waals surface area contributed by atoms with Crippen molar-refractivity contribution in [2.75, 3.05) is 12.3 Å². The molecule has 6 heteroatoms. The zero-order valence-corrected chi connectivity index (χ0v) is 13.8. The van der Waals surface area contributed by atoms with Crippen LogP contribution in [0.3, 0.4) is 0 Å². The summed E-state index contributed by atoms with van der Waals surface area (Å²) in [4.78, 5) is 12.9. The van der Waals surface area contributed by atoms with Crippen molar-refractivity contribution >= 4 is 48.9 Å². The summed E-state index contributed by atoms with van der Waals surface area (Å²) in [5.41, 5.74) is 6.64. The first-order valence-electron chi connectivity index (χ1n) is 6.98. The normalized spacial score (nSPS) is 21.8. The molecule has 1 aliphatic rings. The maximum atomic E-state index is 12.3. The van der Waals surface area contributed by atoms with E-state index in [-0.39, 0.29) is 12.0 Å². The highest BCUT2D eigenvalue weighted by Crippen LogP contribution is 2.35. The Morgan fingerprint density at radius 3 is 3.00 bits per heavy atom. The van der Waals surface area contributed by atoms with Crippen LogP contribution in [0.1, 0.15) is 28.9 Å². The molecule has 112 valence electrons. The van der Waals surface area contributed by atoms with Crippen molar-refractivity contribution in [2.24, 2.45) is 5.92 Å². The zero-order valence-electron chi connectivity index (χ0n) is 11.4. The zero-order chi connectivity index (χ0) is 15.0. The molecular formula is C15H17BrN2O2S. The number of anilines is 1. The van der Waals surface area contributed by atoms with Crippen LogP contribution in [-0.2, 0) is 0 Å². The van der Waals surface area contributed by atoms with Gasteiger partial charge in [-0.1, -0.05) is 22.0 Å². The van der Waals surface area contributed by atoms with Gasteiger partial charge in [-0.3, -0.25) is 4.79 Å². The molecule has 1 aromatic carbocycles. The van der Waals surface area contributed by atoms with E-state index in [4.69, 9.17) is 5.73 Å². The minimum absolute atomic E-state index is 0.119. The minimum Gasteiger partial charge on any atom is -0.397 e. The van der Waals surface area contributed by atoms with Crippen LogP contribution in [0.4, 0.5) is 5.69 Å². The molecule has 3 rings (SSSR count). The number of aliphatic hydroxyl groups is 1. The smallest absolute Gasteiger partial charge is 0.263 e. The predicted molar refractivity (Wildman–Crippen MR) is 89.6 cm³/mol. The third-order valence-electron chi connectivity index (χ3n) is 3.96. The highest BCUT2D eigenvalue weighted by molar-refractivity contribution is 9.10. The molecule has 0 spiro atoms. The Balaban J connectivity index is 1.74. The van der Waals surface area contributed by atoms with Gasteiger partial charge in [0.25, 0.3) is 5.91 Å². The summed E-state index contributed by atoms with van der Waals surface area (Å²) in [6.45, 7) is 0.604. The molecule has 1 fully saturated rings. The Morgan fingerprint density at radius 2 is 2.29 bits per heavy atom. The van der Waals surface area contributed by atoms with Gasteiger partial charge >= 0.3 is 0 Å². The van der Waals surface area contributed by atoms with Gasteiger partial charge < -0.3 is 16.2 Å². The molecular weight excluding hydrogens is 352 g/mol. The van der Waals surface area contributed by atoms with E-state index in [2.05, 4.69) is 21.2 Å². The Bertz CT molecular complexity index is 686. The van der Waals surface area contributed by atoms with Crippen LogP contribution < -0.4 is 11.1 Å². The van der Waals surface area contributed by atoms with Crippen molar-refractivity contribution in [3.05, 3.63) is 27.5 Å². The van der Waals surface area contributed by atoms with Crippen LogP contribution in [0.15, 0.2) is 22.7 Å². The SMILES string of the molecule is Nc1c(C(=O)NCC2CCC(O)C2)sc2cc(Br)ccc12. The monoisotopic (exact) mass is 368 g/mol. The lowest BCUT2D eigenvalue weighted by molar-refractivity contribution is 0.0950. The van der Waals surface area contributed by atoms with Gasteiger partial charge in [0, 0.05) is 21.1 Å². The van der Waals surface area contributed by atoms with E-state index in [1.54, 1.807) is 0 Å². The quantitative estimate of drug-likeness (QED) is 0.778. The third-order valence-corrected chi connectivity index (χ3v) is 5.62. The number of amides is 1. The lowest BCUT2D eigenvalue weighted by Crippen LogP contribution is -2.28. The maximum Gasteiger partial charge on any atom is 0.263 e. The molecule has 0 radical (unpaired) electrons. The number of carbonyl (C=O) groups excluding carboxylic acids is 1. The average Bonchev–Trinajstić information content (AvgIpc) is 3.00. The molecule has 1 amide bonds. The average molecular weight is 369 g/mol. The number of nitrogens with two attached hydrogens (primary N) is 1. The van der Waals surface area contributed by atoms with E-state index in [1.807, 2.05) is 18.2 Å². The van der Waals surface area contributed by atoms with Gasteiger partial charge in [-0.2, -0.15) is 0 Å². The lowest BCUT2D eigenvalue weighted by Gasteiger charge is -2.10. The van der Waals surface area contributed by atoms with Crippen LogP contribution in [0.2, 0.25) is 0 Å². The fraction of sp³-hybridized carbons (Fsp3) is 0.400. The second-order valence-electron chi connectivity index (χ2n) is 5.53. The maximum absolute atomic E-state index is 12.3. The molecule has 1 saturated carbocycles. The highest BCUT2D eigenvalue weighted by atomic mass is 79.9. The summed E-state index contributed by atoms with van der Waals surface area (Å²) in [7, 11) is 0. The number of nitrogen functional groups attached to an aromatic ring is 1. The summed E-state index contributed by atoms with van der Waals surface area (Å²) in [6, 6.07) is 5.82. The van der Waals surface area contributed by atoms with Crippen molar-refractivity contribution in [2.45, 2.75) is 25.4 Å². The first-order valence-corrected chi connectivity index (χ1v) is 8.59. The topological polar surface area (TPSA) is 75.4 Å². The third kappa shape index (κ3) is 3.07. The summed E-state index contributed by atoms with van der Waals surface area (Å²) >= 11 is 4.84. The number of carbonyl (C=O) groups is 1. The second kappa shape index (κ2) is 5.94. The molecule has 0 saturated heterocycles. The van der Waals surface area contributed by atoms with Crippen LogP contribution in [-0.4, -0.2) is 23.7 Å². The van der Waals surface area contributed by atoms with E-state index >= 15 is 0 Å². The van der Waals surface area contributed by atoms with E-state index in [0.717, 1.165) is 33.8 Å².